The molecule has 1 aliphatic heterocycles. The quantitative estimate of drug-likeness (QED) is 0.737. The number of nitrogens with one attached hydrogen (secondary N) is 1. The maximum atomic E-state index is 6.10. The fourth-order valence-electron chi connectivity index (χ4n) is 2.46. The Kier molecular flexibility index (Phi) is 4.83. The van der Waals surface area contributed by atoms with Crippen LogP contribution < -0.4 is 5.32 Å². The molecule has 1 aliphatic carbocycles. The largest absolute Gasteiger partial charge is 0.372 e. The summed E-state index contributed by atoms with van der Waals surface area (Å²) in [5.74, 6) is 0. The molecule has 0 aromatic heterocycles. The molecule has 100 valence electrons. The zero-order chi connectivity index (χ0) is 12.3. The van der Waals surface area contributed by atoms with Crippen LogP contribution in [0.25, 0.3) is 0 Å². The van der Waals surface area contributed by atoms with Gasteiger partial charge in [0.2, 0.25) is 0 Å². The lowest BCUT2D eigenvalue weighted by Gasteiger charge is -2.26. The molecule has 2 fully saturated rings. The molecule has 0 amide bonds. The van der Waals surface area contributed by atoms with Crippen molar-refractivity contribution in [3.63, 3.8) is 0 Å². The van der Waals surface area contributed by atoms with Crippen molar-refractivity contribution in [2.75, 3.05) is 20.1 Å². The van der Waals surface area contributed by atoms with Crippen LogP contribution in [-0.4, -0.2) is 49.3 Å². The van der Waals surface area contributed by atoms with E-state index < -0.39 is 0 Å². The number of ether oxygens (including phenoxy) is 1. The minimum Gasteiger partial charge on any atom is -0.372 e. The standard InChI is InChI=1S/C14H28N2O/c1-4-11(2)16(3)10-14-8-7-13(17-14)9-15-12-5-6-12/h11-15H,4-10H2,1-3H3. The number of likely N-dealkylation sites (N-methyl/N-ethyl adjacent to an activating group) is 1. The van der Waals surface area contributed by atoms with Crippen LogP contribution in [0, 0.1) is 0 Å². The van der Waals surface area contributed by atoms with Crippen LogP contribution >= 0.6 is 0 Å². The summed E-state index contributed by atoms with van der Waals surface area (Å²) >= 11 is 0. The van der Waals surface area contributed by atoms with Gasteiger partial charge in [0.1, 0.15) is 0 Å². The van der Waals surface area contributed by atoms with E-state index in [0.717, 1.165) is 19.1 Å². The molecule has 1 saturated heterocycles. The fraction of sp³-hybridized carbons (Fsp3) is 1.00. The van der Waals surface area contributed by atoms with Crippen LogP contribution in [0.1, 0.15) is 46.0 Å². The monoisotopic (exact) mass is 240 g/mol. The molecule has 3 nitrogen and oxygen atoms in total. The Labute approximate surface area is 106 Å². The predicted octanol–water partition coefficient (Wildman–Crippen LogP) is 2.02. The molecule has 2 rings (SSSR count). The molecule has 0 aromatic carbocycles. The van der Waals surface area contributed by atoms with Gasteiger partial charge < -0.3 is 15.0 Å². The van der Waals surface area contributed by atoms with Gasteiger partial charge in [0.25, 0.3) is 0 Å². The average Bonchev–Trinajstić information content (AvgIpc) is 3.06. The summed E-state index contributed by atoms with van der Waals surface area (Å²) in [6, 6.07) is 1.47. The highest BCUT2D eigenvalue weighted by Crippen LogP contribution is 2.23. The van der Waals surface area contributed by atoms with Crippen molar-refractivity contribution in [1.82, 2.24) is 10.2 Å². The van der Waals surface area contributed by atoms with Crippen LogP contribution in [0.5, 0.6) is 0 Å². The van der Waals surface area contributed by atoms with E-state index in [2.05, 4.69) is 31.1 Å². The van der Waals surface area contributed by atoms with Gasteiger partial charge in [0.05, 0.1) is 12.2 Å². The summed E-state index contributed by atoms with van der Waals surface area (Å²) in [5.41, 5.74) is 0. The predicted molar refractivity (Wildman–Crippen MR) is 71.3 cm³/mol. The molecule has 1 N–H and O–H groups in total. The summed E-state index contributed by atoms with van der Waals surface area (Å²) in [6.45, 7) is 6.70. The zero-order valence-electron chi connectivity index (χ0n) is 11.6. The van der Waals surface area contributed by atoms with Crippen molar-refractivity contribution in [3.8, 4) is 0 Å². The molecule has 0 aromatic rings. The first-order chi connectivity index (χ1) is 8.19. The van der Waals surface area contributed by atoms with E-state index >= 15 is 0 Å². The highest BCUT2D eigenvalue weighted by molar-refractivity contribution is 4.84. The highest BCUT2D eigenvalue weighted by Gasteiger charge is 2.28. The van der Waals surface area contributed by atoms with Gasteiger partial charge in [-0.3, -0.25) is 0 Å². The first-order valence-electron chi connectivity index (χ1n) is 7.28. The molecule has 3 unspecified atom stereocenters. The molecule has 0 bridgehead atoms. The molecular weight excluding hydrogens is 212 g/mol. The summed E-state index contributed by atoms with van der Waals surface area (Å²) in [5, 5.41) is 3.57. The Hall–Kier alpha value is -0.120. The molecule has 3 heteroatoms. The van der Waals surface area contributed by atoms with Crippen LogP contribution in [-0.2, 0) is 4.74 Å². The smallest absolute Gasteiger partial charge is 0.0707 e. The Balaban J connectivity index is 1.62. The van der Waals surface area contributed by atoms with Crippen molar-refractivity contribution in [2.24, 2.45) is 0 Å². The van der Waals surface area contributed by atoms with Crippen molar-refractivity contribution in [1.29, 1.82) is 0 Å². The van der Waals surface area contributed by atoms with E-state index in [1.807, 2.05) is 0 Å². The molecule has 1 heterocycles. The third-order valence-electron chi connectivity index (χ3n) is 4.24. The second kappa shape index (κ2) is 6.17. The molecule has 0 spiro atoms. The van der Waals surface area contributed by atoms with E-state index in [1.165, 1.54) is 32.1 Å². The van der Waals surface area contributed by atoms with Gasteiger partial charge in [-0.15, -0.1) is 0 Å². The van der Waals surface area contributed by atoms with Gasteiger partial charge >= 0.3 is 0 Å². The second-order valence-electron chi connectivity index (χ2n) is 5.84. The van der Waals surface area contributed by atoms with Gasteiger partial charge in [-0.05, 0) is 46.1 Å². The van der Waals surface area contributed by atoms with Gasteiger partial charge in [-0.25, -0.2) is 0 Å². The van der Waals surface area contributed by atoms with Crippen molar-refractivity contribution in [3.05, 3.63) is 0 Å². The van der Waals surface area contributed by atoms with Crippen molar-refractivity contribution in [2.45, 2.75) is 70.2 Å². The minimum absolute atomic E-state index is 0.458. The van der Waals surface area contributed by atoms with Gasteiger partial charge in [0, 0.05) is 25.2 Å². The molecule has 2 aliphatic rings. The van der Waals surface area contributed by atoms with Crippen LogP contribution in [0.2, 0.25) is 0 Å². The van der Waals surface area contributed by atoms with Crippen LogP contribution in [0.15, 0.2) is 0 Å². The maximum absolute atomic E-state index is 6.10. The third kappa shape index (κ3) is 4.23. The lowest BCUT2D eigenvalue weighted by atomic mass is 10.1. The number of hydrogen-bond acceptors (Lipinski definition) is 3. The van der Waals surface area contributed by atoms with Crippen molar-refractivity contribution < 1.29 is 4.74 Å². The van der Waals surface area contributed by atoms with E-state index in [0.29, 0.717) is 18.2 Å². The topological polar surface area (TPSA) is 24.5 Å². The minimum atomic E-state index is 0.458. The summed E-state index contributed by atoms with van der Waals surface area (Å²) in [6.07, 6.45) is 7.34. The van der Waals surface area contributed by atoms with Gasteiger partial charge in [-0.2, -0.15) is 0 Å². The first kappa shape index (κ1) is 13.3. The van der Waals surface area contributed by atoms with E-state index in [4.69, 9.17) is 4.74 Å². The zero-order valence-corrected chi connectivity index (χ0v) is 11.6. The molecule has 1 saturated carbocycles. The number of hydrogen-bond donors (Lipinski definition) is 1. The van der Waals surface area contributed by atoms with Gasteiger partial charge in [-0.1, -0.05) is 6.92 Å². The normalized spacial score (nSPS) is 31.1. The SMILES string of the molecule is CCC(C)N(C)CC1CCC(CNC2CC2)O1. The summed E-state index contributed by atoms with van der Waals surface area (Å²) in [7, 11) is 2.22. The molecule has 17 heavy (non-hydrogen) atoms. The fourth-order valence-corrected chi connectivity index (χ4v) is 2.46. The van der Waals surface area contributed by atoms with Crippen LogP contribution in [0.4, 0.5) is 0 Å². The Bertz CT molecular complexity index is 230. The lowest BCUT2D eigenvalue weighted by Crippen LogP contribution is -2.36. The average molecular weight is 240 g/mol. The lowest BCUT2D eigenvalue weighted by molar-refractivity contribution is 0.0215. The molecular formula is C14H28N2O. The molecule has 0 radical (unpaired) electrons. The summed E-state index contributed by atoms with van der Waals surface area (Å²) < 4.78 is 6.10. The second-order valence-corrected chi connectivity index (χ2v) is 5.84. The first-order valence-corrected chi connectivity index (χ1v) is 7.28. The Morgan fingerprint density at radius 2 is 1.94 bits per heavy atom. The van der Waals surface area contributed by atoms with E-state index in [-0.39, 0.29) is 0 Å². The van der Waals surface area contributed by atoms with Crippen molar-refractivity contribution >= 4 is 0 Å². The summed E-state index contributed by atoms with van der Waals surface area (Å²) in [4.78, 5) is 2.43. The third-order valence-corrected chi connectivity index (χ3v) is 4.24. The van der Waals surface area contributed by atoms with Crippen LogP contribution in [0.3, 0.4) is 0 Å². The number of nitrogens with zero attached hydrogens (tertiary/aromatic N) is 1. The van der Waals surface area contributed by atoms with Gasteiger partial charge in [0.15, 0.2) is 0 Å². The van der Waals surface area contributed by atoms with E-state index in [9.17, 15) is 0 Å². The Morgan fingerprint density at radius 3 is 2.59 bits per heavy atom. The maximum Gasteiger partial charge on any atom is 0.0707 e. The molecule has 3 atom stereocenters. The highest BCUT2D eigenvalue weighted by atomic mass is 16.5. The number of rotatable bonds is 7. The Morgan fingerprint density at radius 1 is 1.24 bits per heavy atom. The van der Waals surface area contributed by atoms with E-state index in [1.54, 1.807) is 0 Å².